The Kier molecular flexibility index (Phi) is 12.9. The van der Waals surface area contributed by atoms with Gasteiger partial charge < -0.3 is 19.9 Å². The van der Waals surface area contributed by atoms with Crippen LogP contribution in [0.25, 0.3) is 11.1 Å². The smallest absolute Gasteiger partial charge is 0.243 e. The van der Waals surface area contributed by atoms with Crippen molar-refractivity contribution in [2.24, 2.45) is 0 Å². The van der Waals surface area contributed by atoms with Crippen molar-refractivity contribution in [3.05, 3.63) is 131 Å². The first-order valence-electron chi connectivity index (χ1n) is 16.5. The SMILES string of the molecule is CN(Cc1ccccc1)C[C@H]1C[C@@H](c2ccc(CO)cc2)O[C@@H](c2ccc(-c3ccccc3CNC(=O)CCCCC(=O)NO)cc2)O1. The first-order valence-corrected chi connectivity index (χ1v) is 16.5. The van der Waals surface area contributed by atoms with Crippen LogP contribution in [-0.2, 0) is 38.8 Å². The Morgan fingerprint density at radius 2 is 1.46 bits per heavy atom. The lowest BCUT2D eigenvalue weighted by atomic mass is 9.97. The van der Waals surface area contributed by atoms with E-state index in [0.29, 0.717) is 32.2 Å². The number of aliphatic hydroxyl groups is 1. The second-order valence-electron chi connectivity index (χ2n) is 12.3. The van der Waals surface area contributed by atoms with Crippen LogP contribution in [0.5, 0.6) is 0 Å². The maximum absolute atomic E-state index is 12.4. The number of carbonyl (C=O) groups is 2. The van der Waals surface area contributed by atoms with Crippen LogP contribution < -0.4 is 10.8 Å². The molecule has 0 bridgehead atoms. The summed E-state index contributed by atoms with van der Waals surface area (Å²) in [4.78, 5) is 25.9. The fourth-order valence-corrected chi connectivity index (χ4v) is 6.03. The van der Waals surface area contributed by atoms with Gasteiger partial charge in [-0.2, -0.15) is 0 Å². The summed E-state index contributed by atoms with van der Waals surface area (Å²) in [6, 6.07) is 34.5. The van der Waals surface area contributed by atoms with E-state index in [1.54, 1.807) is 5.48 Å². The minimum Gasteiger partial charge on any atom is -0.392 e. The fraction of sp³-hybridized carbons (Fsp3) is 0.333. The molecule has 48 heavy (non-hydrogen) atoms. The predicted octanol–water partition coefficient (Wildman–Crippen LogP) is 6.21. The first-order chi connectivity index (χ1) is 23.4. The molecular formula is C39H45N3O6. The van der Waals surface area contributed by atoms with Crippen molar-refractivity contribution in [2.45, 2.75) is 70.3 Å². The van der Waals surface area contributed by atoms with Crippen molar-refractivity contribution < 1.29 is 29.4 Å². The Bertz CT molecular complexity index is 1600. The van der Waals surface area contributed by atoms with Crippen molar-refractivity contribution in [2.75, 3.05) is 13.6 Å². The predicted molar refractivity (Wildman–Crippen MR) is 183 cm³/mol. The van der Waals surface area contributed by atoms with Crippen molar-refractivity contribution >= 4 is 11.8 Å². The van der Waals surface area contributed by atoms with Crippen LogP contribution in [0.15, 0.2) is 103 Å². The number of hydroxylamine groups is 1. The van der Waals surface area contributed by atoms with Crippen molar-refractivity contribution in [1.29, 1.82) is 0 Å². The van der Waals surface area contributed by atoms with Gasteiger partial charge in [-0.1, -0.05) is 103 Å². The van der Waals surface area contributed by atoms with Crippen LogP contribution in [-0.4, -0.2) is 46.7 Å². The third-order valence-corrected chi connectivity index (χ3v) is 8.60. The summed E-state index contributed by atoms with van der Waals surface area (Å²) in [5.41, 5.74) is 8.74. The summed E-state index contributed by atoms with van der Waals surface area (Å²) in [5.74, 6) is -0.530. The van der Waals surface area contributed by atoms with Crippen molar-refractivity contribution in [3.8, 4) is 11.1 Å². The molecule has 252 valence electrons. The number of nitrogens with zero attached hydrogens (tertiary/aromatic N) is 1. The van der Waals surface area contributed by atoms with Gasteiger partial charge in [-0.25, -0.2) is 5.48 Å². The summed E-state index contributed by atoms with van der Waals surface area (Å²) in [7, 11) is 2.11. The van der Waals surface area contributed by atoms with E-state index in [0.717, 1.165) is 46.5 Å². The number of hydrogen-bond acceptors (Lipinski definition) is 7. The molecule has 9 nitrogen and oxygen atoms in total. The summed E-state index contributed by atoms with van der Waals surface area (Å²) in [6.07, 6.45) is 1.52. The largest absolute Gasteiger partial charge is 0.392 e. The summed E-state index contributed by atoms with van der Waals surface area (Å²) in [5, 5.41) is 21.1. The van der Waals surface area contributed by atoms with Gasteiger partial charge in [0.05, 0.1) is 18.8 Å². The maximum Gasteiger partial charge on any atom is 0.243 e. The highest BCUT2D eigenvalue weighted by atomic mass is 16.7. The van der Waals surface area contributed by atoms with E-state index in [1.807, 2.05) is 66.7 Å². The molecule has 0 aromatic heterocycles. The molecule has 1 heterocycles. The number of rotatable bonds is 15. The maximum atomic E-state index is 12.4. The van der Waals surface area contributed by atoms with E-state index in [1.165, 1.54) is 5.56 Å². The van der Waals surface area contributed by atoms with Crippen LogP contribution in [0, 0.1) is 0 Å². The summed E-state index contributed by atoms with van der Waals surface area (Å²) < 4.78 is 13.2. The second-order valence-corrected chi connectivity index (χ2v) is 12.3. The highest BCUT2D eigenvalue weighted by Crippen LogP contribution is 2.39. The first kappa shape index (κ1) is 34.9. The van der Waals surface area contributed by atoms with Crippen LogP contribution in [0.1, 0.15) is 72.3 Å². The van der Waals surface area contributed by atoms with Gasteiger partial charge in [0, 0.05) is 44.5 Å². The molecular weight excluding hydrogens is 606 g/mol. The van der Waals surface area contributed by atoms with Gasteiger partial charge in [0.1, 0.15) is 0 Å². The van der Waals surface area contributed by atoms with Crippen molar-refractivity contribution in [3.63, 3.8) is 0 Å². The van der Waals surface area contributed by atoms with Gasteiger partial charge in [0.2, 0.25) is 11.8 Å². The normalized spacial score (nSPS) is 17.6. The molecule has 0 unspecified atom stereocenters. The van der Waals surface area contributed by atoms with E-state index in [4.69, 9.17) is 14.7 Å². The Morgan fingerprint density at radius 1 is 0.792 bits per heavy atom. The standard InChI is InChI=1S/C39H45N3O6/c1-42(25-28-9-3-2-4-10-28)26-34-23-36(31-17-15-29(27-43)16-18-31)48-39(47-34)32-21-19-30(20-22-32)35-12-6-5-11-33(35)24-40-37(44)13-7-8-14-38(45)41-46/h2-6,9-12,15-22,34,36,39,43,46H,7-8,13-14,23-27H2,1H3,(H,40,44)(H,41,45)/t34-,36+,39+/m1/s1. The number of amides is 2. The average Bonchev–Trinajstić information content (AvgIpc) is 3.13. The lowest BCUT2D eigenvalue weighted by Crippen LogP contribution is -2.37. The van der Waals surface area contributed by atoms with Crippen LogP contribution in [0.3, 0.4) is 0 Å². The number of nitrogens with one attached hydrogen (secondary N) is 2. The lowest BCUT2D eigenvalue weighted by Gasteiger charge is -2.38. The highest BCUT2D eigenvalue weighted by molar-refractivity contribution is 5.77. The van der Waals surface area contributed by atoms with E-state index in [2.05, 4.69) is 53.7 Å². The molecule has 9 heteroatoms. The van der Waals surface area contributed by atoms with Gasteiger partial charge in [-0.15, -0.1) is 0 Å². The average molecular weight is 652 g/mol. The molecule has 1 fully saturated rings. The molecule has 1 saturated heterocycles. The number of likely N-dealkylation sites (N-methyl/N-ethyl adjacent to an activating group) is 1. The monoisotopic (exact) mass is 651 g/mol. The minimum absolute atomic E-state index is 0.000312. The molecule has 0 spiro atoms. The zero-order chi connectivity index (χ0) is 33.7. The van der Waals surface area contributed by atoms with E-state index < -0.39 is 12.2 Å². The van der Waals surface area contributed by atoms with E-state index in [9.17, 15) is 14.7 Å². The number of unbranched alkanes of at least 4 members (excludes halogenated alkanes) is 1. The van der Waals surface area contributed by atoms with E-state index >= 15 is 0 Å². The van der Waals surface area contributed by atoms with Crippen LogP contribution in [0.2, 0.25) is 0 Å². The molecule has 4 aromatic rings. The molecule has 0 saturated carbocycles. The molecule has 0 radical (unpaired) electrons. The minimum atomic E-state index is -0.552. The molecule has 0 aliphatic carbocycles. The molecule has 5 rings (SSSR count). The molecule has 4 N–H and O–H groups in total. The molecule has 1 aliphatic rings. The third-order valence-electron chi connectivity index (χ3n) is 8.60. The number of aliphatic hydroxyl groups excluding tert-OH is 1. The zero-order valence-corrected chi connectivity index (χ0v) is 27.4. The number of carbonyl (C=O) groups excluding carboxylic acids is 2. The number of benzene rings is 4. The number of ether oxygens (including phenoxy) is 2. The van der Waals surface area contributed by atoms with Gasteiger partial charge >= 0.3 is 0 Å². The van der Waals surface area contributed by atoms with Crippen LogP contribution >= 0.6 is 0 Å². The quantitative estimate of drug-likeness (QED) is 0.0686. The Hall–Kier alpha value is -4.38. The Labute approximate surface area is 282 Å². The van der Waals surface area contributed by atoms with Crippen molar-refractivity contribution in [1.82, 2.24) is 15.7 Å². The van der Waals surface area contributed by atoms with E-state index in [-0.39, 0.29) is 31.1 Å². The van der Waals surface area contributed by atoms with Gasteiger partial charge in [0.25, 0.3) is 0 Å². The Balaban J connectivity index is 1.26. The van der Waals surface area contributed by atoms with Gasteiger partial charge in [0.15, 0.2) is 6.29 Å². The lowest BCUT2D eigenvalue weighted by molar-refractivity contribution is -0.252. The topological polar surface area (TPSA) is 120 Å². The summed E-state index contributed by atoms with van der Waals surface area (Å²) in [6.45, 7) is 1.95. The second kappa shape index (κ2) is 17.7. The van der Waals surface area contributed by atoms with Crippen LogP contribution in [0.4, 0.5) is 0 Å². The zero-order valence-electron chi connectivity index (χ0n) is 27.4. The highest BCUT2D eigenvalue weighted by Gasteiger charge is 2.33. The third kappa shape index (κ3) is 10.1. The number of hydrogen-bond donors (Lipinski definition) is 4. The summed E-state index contributed by atoms with van der Waals surface area (Å²) >= 11 is 0. The molecule has 2 amide bonds. The fourth-order valence-electron chi connectivity index (χ4n) is 6.03. The molecule has 4 aromatic carbocycles. The van der Waals surface area contributed by atoms with Gasteiger partial charge in [-0.3, -0.25) is 19.7 Å². The molecule has 1 aliphatic heterocycles. The molecule has 3 atom stereocenters. The Morgan fingerprint density at radius 3 is 2.17 bits per heavy atom. The van der Waals surface area contributed by atoms with Gasteiger partial charge in [-0.05, 0) is 53.3 Å².